The van der Waals surface area contributed by atoms with Gasteiger partial charge in [0.05, 0.1) is 5.02 Å². The van der Waals surface area contributed by atoms with Gasteiger partial charge in [-0.15, -0.1) is 10.2 Å². The maximum absolute atomic E-state index is 6.10. The van der Waals surface area contributed by atoms with E-state index in [1.807, 2.05) is 48.0 Å². The van der Waals surface area contributed by atoms with Crippen LogP contribution in [0, 0.1) is 0 Å². The zero-order valence-corrected chi connectivity index (χ0v) is 15.1. The summed E-state index contributed by atoms with van der Waals surface area (Å²) in [5.74, 6) is 1.41. The van der Waals surface area contributed by atoms with Crippen molar-refractivity contribution in [3.8, 4) is 5.75 Å². The predicted molar refractivity (Wildman–Crippen MR) is 97.5 cm³/mol. The highest BCUT2D eigenvalue weighted by molar-refractivity contribution is 7.99. The predicted octanol–water partition coefficient (Wildman–Crippen LogP) is 4.90. The number of hydrogen-bond acceptors (Lipinski definition) is 4. The fraction of sp³-hybridized carbons (Fsp3) is 0.222. The molecule has 0 aliphatic heterocycles. The number of aromatic nitrogens is 3. The monoisotopic (exact) mass is 359 g/mol. The zero-order valence-electron chi connectivity index (χ0n) is 13.5. The number of ether oxygens (including phenoxy) is 1. The van der Waals surface area contributed by atoms with E-state index >= 15 is 0 Å². The normalized spacial score (nSPS) is 12.1. The molecule has 4 nitrogen and oxygen atoms in total. The molecular formula is C18H18ClN3OS. The minimum Gasteiger partial charge on any atom is -0.484 e. The van der Waals surface area contributed by atoms with Gasteiger partial charge in [-0.3, -0.25) is 0 Å². The SMILES string of the molecule is CC(Sc1nnc(COc2ccccc2Cl)n1C)c1ccccc1. The van der Waals surface area contributed by atoms with Gasteiger partial charge in [0.15, 0.2) is 11.0 Å². The van der Waals surface area contributed by atoms with Crippen molar-refractivity contribution in [1.29, 1.82) is 0 Å². The highest BCUT2D eigenvalue weighted by Gasteiger charge is 2.15. The molecule has 124 valence electrons. The molecule has 0 N–H and O–H groups in total. The lowest BCUT2D eigenvalue weighted by atomic mass is 10.2. The first-order valence-corrected chi connectivity index (χ1v) is 8.88. The van der Waals surface area contributed by atoms with Crippen molar-refractivity contribution in [2.75, 3.05) is 0 Å². The molecule has 2 aromatic carbocycles. The van der Waals surface area contributed by atoms with Gasteiger partial charge >= 0.3 is 0 Å². The van der Waals surface area contributed by atoms with E-state index in [0.29, 0.717) is 22.6 Å². The van der Waals surface area contributed by atoms with Crippen molar-refractivity contribution in [2.24, 2.45) is 7.05 Å². The average molecular weight is 360 g/mol. The van der Waals surface area contributed by atoms with Gasteiger partial charge in [0, 0.05) is 12.3 Å². The van der Waals surface area contributed by atoms with E-state index in [1.54, 1.807) is 17.8 Å². The molecule has 0 saturated heterocycles. The van der Waals surface area contributed by atoms with Crippen LogP contribution in [0.15, 0.2) is 59.8 Å². The molecule has 0 aliphatic carbocycles. The molecule has 1 aromatic heterocycles. The summed E-state index contributed by atoms with van der Waals surface area (Å²) in [5.41, 5.74) is 1.26. The Kier molecular flexibility index (Phi) is 5.43. The second-order valence-corrected chi connectivity index (χ2v) is 7.06. The van der Waals surface area contributed by atoms with Gasteiger partial charge in [-0.1, -0.05) is 65.8 Å². The first-order valence-electron chi connectivity index (χ1n) is 7.62. The highest BCUT2D eigenvalue weighted by atomic mass is 35.5. The van der Waals surface area contributed by atoms with Gasteiger partial charge in [0.1, 0.15) is 12.4 Å². The van der Waals surface area contributed by atoms with Gasteiger partial charge in [-0.25, -0.2) is 0 Å². The Hall–Kier alpha value is -1.98. The molecule has 1 heterocycles. The minimum atomic E-state index is 0.298. The highest BCUT2D eigenvalue weighted by Crippen LogP contribution is 2.33. The summed E-state index contributed by atoms with van der Waals surface area (Å²) in [6.45, 7) is 2.49. The standard InChI is InChI=1S/C18H18ClN3OS/c1-13(14-8-4-3-5-9-14)24-18-21-20-17(22(18)2)12-23-16-11-7-6-10-15(16)19/h3-11,13H,12H2,1-2H3. The maximum Gasteiger partial charge on any atom is 0.191 e. The van der Waals surface area contributed by atoms with Crippen LogP contribution < -0.4 is 4.74 Å². The Labute approximate surface area is 150 Å². The Morgan fingerprint density at radius 2 is 1.79 bits per heavy atom. The fourth-order valence-electron chi connectivity index (χ4n) is 2.23. The molecule has 1 unspecified atom stereocenters. The second-order valence-electron chi connectivity index (χ2n) is 5.35. The third-order valence-corrected chi connectivity index (χ3v) is 5.17. The number of hydrogen-bond donors (Lipinski definition) is 0. The molecule has 3 rings (SSSR count). The molecule has 0 amide bonds. The summed E-state index contributed by atoms with van der Waals surface area (Å²) >= 11 is 7.78. The van der Waals surface area contributed by atoms with Crippen LogP contribution in [0.2, 0.25) is 5.02 Å². The Balaban J connectivity index is 1.67. The van der Waals surface area contributed by atoms with Gasteiger partial charge in [-0.05, 0) is 24.6 Å². The molecule has 0 aliphatic rings. The fourth-order valence-corrected chi connectivity index (χ4v) is 3.38. The quantitative estimate of drug-likeness (QED) is 0.587. The Bertz CT molecular complexity index is 807. The van der Waals surface area contributed by atoms with Crippen LogP contribution in [0.3, 0.4) is 0 Å². The summed E-state index contributed by atoms with van der Waals surface area (Å²) in [5, 5.41) is 10.3. The molecular weight excluding hydrogens is 342 g/mol. The molecule has 0 saturated carbocycles. The molecule has 6 heteroatoms. The number of para-hydroxylation sites is 1. The molecule has 1 atom stereocenters. The van der Waals surface area contributed by atoms with Crippen LogP contribution in [-0.2, 0) is 13.7 Å². The van der Waals surface area contributed by atoms with Crippen molar-refractivity contribution in [1.82, 2.24) is 14.8 Å². The molecule has 3 aromatic rings. The third kappa shape index (κ3) is 3.91. The van der Waals surface area contributed by atoms with Crippen LogP contribution in [-0.4, -0.2) is 14.8 Å². The van der Waals surface area contributed by atoms with Crippen molar-refractivity contribution in [3.05, 3.63) is 71.0 Å². The Morgan fingerprint density at radius 3 is 2.54 bits per heavy atom. The van der Waals surface area contributed by atoms with Crippen LogP contribution in [0.4, 0.5) is 0 Å². The van der Waals surface area contributed by atoms with Crippen LogP contribution in [0.5, 0.6) is 5.75 Å². The summed E-state index contributed by atoms with van der Waals surface area (Å²) in [6.07, 6.45) is 0. The smallest absolute Gasteiger partial charge is 0.191 e. The van der Waals surface area contributed by atoms with E-state index in [4.69, 9.17) is 16.3 Å². The number of halogens is 1. The van der Waals surface area contributed by atoms with Crippen molar-refractivity contribution in [2.45, 2.75) is 23.9 Å². The lowest BCUT2D eigenvalue weighted by Gasteiger charge is -2.11. The molecule has 0 spiro atoms. The van der Waals surface area contributed by atoms with Crippen LogP contribution in [0.1, 0.15) is 23.6 Å². The molecule has 0 radical (unpaired) electrons. The largest absolute Gasteiger partial charge is 0.484 e. The van der Waals surface area contributed by atoms with Gasteiger partial charge in [0.2, 0.25) is 0 Å². The van der Waals surface area contributed by atoms with E-state index in [9.17, 15) is 0 Å². The van der Waals surface area contributed by atoms with Crippen LogP contribution in [0.25, 0.3) is 0 Å². The van der Waals surface area contributed by atoms with E-state index in [2.05, 4.69) is 29.3 Å². The van der Waals surface area contributed by atoms with E-state index < -0.39 is 0 Å². The van der Waals surface area contributed by atoms with E-state index in [0.717, 1.165) is 11.0 Å². The minimum absolute atomic E-state index is 0.298. The van der Waals surface area contributed by atoms with Crippen LogP contribution >= 0.6 is 23.4 Å². The molecule has 0 bridgehead atoms. The lowest BCUT2D eigenvalue weighted by Crippen LogP contribution is -2.04. The molecule has 24 heavy (non-hydrogen) atoms. The Morgan fingerprint density at radius 1 is 1.08 bits per heavy atom. The summed E-state index contributed by atoms with van der Waals surface area (Å²) in [4.78, 5) is 0. The topological polar surface area (TPSA) is 39.9 Å². The maximum atomic E-state index is 6.10. The number of thioether (sulfide) groups is 1. The van der Waals surface area contributed by atoms with Crippen molar-refractivity contribution in [3.63, 3.8) is 0 Å². The lowest BCUT2D eigenvalue weighted by molar-refractivity contribution is 0.290. The summed E-state index contributed by atoms with van der Waals surface area (Å²) < 4.78 is 7.70. The van der Waals surface area contributed by atoms with Gasteiger partial charge in [0.25, 0.3) is 0 Å². The van der Waals surface area contributed by atoms with Crippen molar-refractivity contribution < 1.29 is 4.74 Å². The number of nitrogens with zero attached hydrogens (tertiary/aromatic N) is 3. The van der Waals surface area contributed by atoms with Gasteiger partial charge in [-0.2, -0.15) is 0 Å². The third-order valence-electron chi connectivity index (χ3n) is 3.67. The average Bonchev–Trinajstić information content (AvgIpc) is 2.95. The zero-order chi connectivity index (χ0) is 16.9. The van der Waals surface area contributed by atoms with Gasteiger partial charge < -0.3 is 9.30 Å². The summed E-state index contributed by atoms with van der Waals surface area (Å²) in [6, 6.07) is 17.8. The van der Waals surface area contributed by atoms with E-state index in [-0.39, 0.29) is 0 Å². The first-order chi connectivity index (χ1) is 11.6. The number of rotatable bonds is 6. The summed E-state index contributed by atoms with van der Waals surface area (Å²) in [7, 11) is 1.95. The number of benzene rings is 2. The molecule has 0 fully saturated rings. The van der Waals surface area contributed by atoms with E-state index in [1.165, 1.54) is 5.56 Å². The second kappa shape index (κ2) is 7.73. The van der Waals surface area contributed by atoms with Crippen molar-refractivity contribution >= 4 is 23.4 Å². The first kappa shape index (κ1) is 16.9.